The summed E-state index contributed by atoms with van der Waals surface area (Å²) in [5, 5.41) is 3.04. The third-order valence-electron chi connectivity index (χ3n) is 3.95. The fourth-order valence-electron chi connectivity index (χ4n) is 2.80. The Morgan fingerprint density at radius 2 is 2.14 bits per heavy atom. The molecule has 1 aromatic carbocycles. The number of ether oxygens (including phenoxy) is 1. The lowest BCUT2D eigenvalue weighted by atomic mass is 9.85. The SMILES string of the molecule is CC(COCc1ccccc1)NC(=O)C1CCCC(N)C1. The van der Waals surface area contributed by atoms with Crippen molar-refractivity contribution in [1.82, 2.24) is 5.32 Å². The van der Waals surface area contributed by atoms with Gasteiger partial charge in [-0.2, -0.15) is 0 Å². The zero-order chi connectivity index (χ0) is 15.1. The van der Waals surface area contributed by atoms with E-state index in [9.17, 15) is 4.79 Å². The number of hydrogen-bond donors (Lipinski definition) is 2. The van der Waals surface area contributed by atoms with Crippen LogP contribution in [0.3, 0.4) is 0 Å². The molecule has 1 aromatic rings. The van der Waals surface area contributed by atoms with E-state index in [0.29, 0.717) is 13.2 Å². The molecule has 21 heavy (non-hydrogen) atoms. The van der Waals surface area contributed by atoms with Crippen LogP contribution in [0, 0.1) is 5.92 Å². The van der Waals surface area contributed by atoms with Gasteiger partial charge in [-0.3, -0.25) is 4.79 Å². The molecular weight excluding hydrogens is 264 g/mol. The van der Waals surface area contributed by atoms with Crippen molar-refractivity contribution in [1.29, 1.82) is 0 Å². The summed E-state index contributed by atoms with van der Waals surface area (Å²) in [5.74, 6) is 0.200. The molecule has 1 aliphatic carbocycles. The zero-order valence-corrected chi connectivity index (χ0v) is 12.8. The Morgan fingerprint density at radius 3 is 2.86 bits per heavy atom. The summed E-state index contributed by atoms with van der Waals surface area (Å²) in [6.45, 7) is 3.08. The third-order valence-corrected chi connectivity index (χ3v) is 3.95. The number of nitrogens with one attached hydrogen (secondary N) is 1. The predicted octanol–water partition coefficient (Wildman–Crippen LogP) is 2.23. The third kappa shape index (κ3) is 5.48. The minimum atomic E-state index is 0.0272. The van der Waals surface area contributed by atoms with Gasteiger partial charge in [-0.1, -0.05) is 36.8 Å². The van der Waals surface area contributed by atoms with E-state index in [4.69, 9.17) is 10.5 Å². The molecule has 1 saturated carbocycles. The van der Waals surface area contributed by atoms with E-state index in [2.05, 4.69) is 5.32 Å². The van der Waals surface area contributed by atoms with Crippen molar-refractivity contribution in [2.45, 2.75) is 51.3 Å². The molecule has 0 aromatic heterocycles. The summed E-state index contributed by atoms with van der Waals surface area (Å²) < 4.78 is 5.65. The number of carbonyl (C=O) groups is 1. The van der Waals surface area contributed by atoms with Crippen molar-refractivity contribution in [2.75, 3.05) is 6.61 Å². The van der Waals surface area contributed by atoms with Gasteiger partial charge >= 0.3 is 0 Å². The molecule has 0 radical (unpaired) electrons. The number of rotatable bonds is 6. The first-order valence-corrected chi connectivity index (χ1v) is 7.82. The molecule has 0 spiro atoms. The van der Waals surface area contributed by atoms with Crippen LogP contribution >= 0.6 is 0 Å². The number of hydrogen-bond acceptors (Lipinski definition) is 3. The molecule has 3 atom stereocenters. The molecule has 0 saturated heterocycles. The molecule has 3 N–H and O–H groups in total. The highest BCUT2D eigenvalue weighted by atomic mass is 16.5. The van der Waals surface area contributed by atoms with Gasteiger partial charge in [0.15, 0.2) is 0 Å². The topological polar surface area (TPSA) is 64.3 Å². The van der Waals surface area contributed by atoms with Gasteiger partial charge in [-0.05, 0) is 31.7 Å². The van der Waals surface area contributed by atoms with Crippen molar-refractivity contribution >= 4 is 5.91 Å². The molecule has 0 heterocycles. The lowest BCUT2D eigenvalue weighted by molar-refractivity contribution is -0.127. The van der Waals surface area contributed by atoms with Gasteiger partial charge in [0, 0.05) is 18.0 Å². The zero-order valence-electron chi connectivity index (χ0n) is 12.8. The van der Waals surface area contributed by atoms with E-state index < -0.39 is 0 Å². The molecule has 4 heteroatoms. The highest BCUT2D eigenvalue weighted by Gasteiger charge is 2.25. The Balaban J connectivity index is 1.66. The largest absolute Gasteiger partial charge is 0.375 e. The molecule has 0 bridgehead atoms. The van der Waals surface area contributed by atoms with Gasteiger partial charge in [0.05, 0.1) is 13.2 Å². The molecule has 1 fully saturated rings. The van der Waals surface area contributed by atoms with Crippen molar-refractivity contribution in [3.63, 3.8) is 0 Å². The summed E-state index contributed by atoms with van der Waals surface area (Å²) in [6.07, 6.45) is 3.86. The molecule has 3 unspecified atom stereocenters. The smallest absolute Gasteiger partial charge is 0.223 e. The highest BCUT2D eigenvalue weighted by molar-refractivity contribution is 5.79. The molecule has 4 nitrogen and oxygen atoms in total. The maximum atomic E-state index is 12.2. The monoisotopic (exact) mass is 290 g/mol. The van der Waals surface area contributed by atoms with Crippen LogP contribution in [0.4, 0.5) is 0 Å². The van der Waals surface area contributed by atoms with E-state index in [0.717, 1.165) is 31.2 Å². The van der Waals surface area contributed by atoms with Gasteiger partial charge in [0.25, 0.3) is 0 Å². The number of amides is 1. The van der Waals surface area contributed by atoms with Crippen LogP contribution in [-0.2, 0) is 16.1 Å². The Kier molecular flexibility index (Phi) is 6.21. The van der Waals surface area contributed by atoms with E-state index in [1.165, 1.54) is 0 Å². The van der Waals surface area contributed by atoms with Crippen LogP contribution in [0.5, 0.6) is 0 Å². The maximum absolute atomic E-state index is 12.2. The lowest BCUT2D eigenvalue weighted by Gasteiger charge is -2.27. The van der Waals surface area contributed by atoms with Crippen molar-refractivity contribution in [2.24, 2.45) is 11.7 Å². The number of carbonyl (C=O) groups excluding carboxylic acids is 1. The Bertz CT molecular complexity index is 436. The predicted molar refractivity (Wildman–Crippen MR) is 83.6 cm³/mol. The van der Waals surface area contributed by atoms with Gasteiger partial charge in [0.1, 0.15) is 0 Å². The van der Waals surface area contributed by atoms with E-state index in [-0.39, 0.29) is 23.9 Å². The summed E-state index contributed by atoms with van der Waals surface area (Å²) in [4.78, 5) is 12.2. The summed E-state index contributed by atoms with van der Waals surface area (Å²) >= 11 is 0. The van der Waals surface area contributed by atoms with Gasteiger partial charge < -0.3 is 15.8 Å². The fraction of sp³-hybridized carbons (Fsp3) is 0.588. The first-order chi connectivity index (χ1) is 10.1. The van der Waals surface area contributed by atoms with Gasteiger partial charge in [0.2, 0.25) is 5.91 Å². The first-order valence-electron chi connectivity index (χ1n) is 7.82. The summed E-state index contributed by atoms with van der Waals surface area (Å²) in [6, 6.07) is 10.3. The van der Waals surface area contributed by atoms with Crippen molar-refractivity contribution in [3.05, 3.63) is 35.9 Å². The van der Waals surface area contributed by atoms with Gasteiger partial charge in [-0.25, -0.2) is 0 Å². The van der Waals surface area contributed by atoms with Crippen molar-refractivity contribution in [3.8, 4) is 0 Å². The van der Waals surface area contributed by atoms with Crippen molar-refractivity contribution < 1.29 is 9.53 Å². The van der Waals surface area contributed by atoms with Gasteiger partial charge in [-0.15, -0.1) is 0 Å². The van der Waals surface area contributed by atoms with Crippen LogP contribution in [0.1, 0.15) is 38.2 Å². The Morgan fingerprint density at radius 1 is 1.38 bits per heavy atom. The van der Waals surface area contributed by atoms with E-state index >= 15 is 0 Å². The molecule has 0 aliphatic heterocycles. The normalized spacial score (nSPS) is 23.5. The average molecular weight is 290 g/mol. The van der Waals surface area contributed by atoms with Crippen LogP contribution < -0.4 is 11.1 Å². The molecule has 116 valence electrons. The van der Waals surface area contributed by atoms with Crippen LogP contribution in [0.15, 0.2) is 30.3 Å². The molecule has 1 aliphatic rings. The Labute approximate surface area is 127 Å². The second-order valence-electron chi connectivity index (χ2n) is 6.03. The molecular formula is C17H26N2O2. The number of benzene rings is 1. The summed E-state index contributed by atoms with van der Waals surface area (Å²) in [5.41, 5.74) is 7.08. The second-order valence-corrected chi connectivity index (χ2v) is 6.03. The Hall–Kier alpha value is -1.39. The second kappa shape index (κ2) is 8.15. The minimum absolute atomic E-state index is 0.0272. The fourth-order valence-corrected chi connectivity index (χ4v) is 2.80. The standard InChI is InChI=1S/C17H26N2O2/c1-13(11-21-12-14-6-3-2-4-7-14)19-17(20)15-8-5-9-16(18)10-15/h2-4,6-7,13,15-16H,5,8-12,18H2,1H3,(H,19,20). The van der Waals surface area contributed by atoms with Crippen LogP contribution in [0.2, 0.25) is 0 Å². The number of nitrogens with two attached hydrogens (primary N) is 1. The minimum Gasteiger partial charge on any atom is -0.375 e. The maximum Gasteiger partial charge on any atom is 0.223 e. The van der Waals surface area contributed by atoms with Crippen LogP contribution in [0.25, 0.3) is 0 Å². The van der Waals surface area contributed by atoms with Crippen LogP contribution in [-0.4, -0.2) is 24.6 Å². The lowest BCUT2D eigenvalue weighted by Crippen LogP contribution is -2.42. The average Bonchev–Trinajstić information content (AvgIpc) is 2.48. The quantitative estimate of drug-likeness (QED) is 0.844. The highest BCUT2D eigenvalue weighted by Crippen LogP contribution is 2.23. The van der Waals surface area contributed by atoms with E-state index in [1.54, 1.807) is 0 Å². The molecule has 1 amide bonds. The first kappa shape index (κ1) is 16.0. The molecule has 2 rings (SSSR count). The van der Waals surface area contributed by atoms with E-state index in [1.807, 2.05) is 37.3 Å². The summed E-state index contributed by atoms with van der Waals surface area (Å²) in [7, 11) is 0.